The molecular formula is C18H22N6O. The Bertz CT molecular complexity index is 931. The SMILES string of the molecule is CCCCc1c(C(N)=O)cn2ncnc(Nc3cc(N)ccc3C)c12. The molecule has 0 atom stereocenters. The third-order valence-electron chi connectivity index (χ3n) is 4.24. The summed E-state index contributed by atoms with van der Waals surface area (Å²) in [4.78, 5) is 16.2. The normalized spacial score (nSPS) is 11.0. The van der Waals surface area contributed by atoms with Gasteiger partial charge in [0.05, 0.1) is 5.56 Å². The summed E-state index contributed by atoms with van der Waals surface area (Å²) >= 11 is 0. The van der Waals surface area contributed by atoms with Crippen LogP contribution in [0.4, 0.5) is 17.2 Å². The lowest BCUT2D eigenvalue weighted by Gasteiger charge is -2.12. The van der Waals surface area contributed by atoms with E-state index in [1.54, 1.807) is 10.7 Å². The molecule has 0 radical (unpaired) electrons. The number of nitrogens with one attached hydrogen (secondary N) is 1. The highest BCUT2D eigenvalue weighted by Crippen LogP contribution is 2.29. The lowest BCUT2D eigenvalue weighted by atomic mass is 10.0. The second-order valence-electron chi connectivity index (χ2n) is 6.09. The minimum Gasteiger partial charge on any atom is -0.399 e. The monoisotopic (exact) mass is 338 g/mol. The summed E-state index contributed by atoms with van der Waals surface area (Å²) in [6.07, 6.45) is 5.82. The van der Waals surface area contributed by atoms with Crippen LogP contribution in [0.1, 0.15) is 41.3 Å². The molecule has 2 heterocycles. The number of carbonyl (C=O) groups is 1. The van der Waals surface area contributed by atoms with E-state index in [1.807, 2.05) is 25.1 Å². The molecule has 0 fully saturated rings. The van der Waals surface area contributed by atoms with Gasteiger partial charge in [0.15, 0.2) is 5.82 Å². The maximum atomic E-state index is 11.8. The molecule has 1 aromatic carbocycles. The summed E-state index contributed by atoms with van der Waals surface area (Å²) in [6.45, 7) is 4.10. The minimum absolute atomic E-state index is 0.456. The first-order chi connectivity index (χ1) is 12.0. The largest absolute Gasteiger partial charge is 0.399 e. The fourth-order valence-corrected chi connectivity index (χ4v) is 2.89. The number of carbonyl (C=O) groups excluding carboxylic acids is 1. The zero-order valence-corrected chi connectivity index (χ0v) is 14.4. The van der Waals surface area contributed by atoms with Crippen molar-refractivity contribution in [2.75, 3.05) is 11.1 Å². The average molecular weight is 338 g/mol. The number of benzene rings is 1. The van der Waals surface area contributed by atoms with Crippen molar-refractivity contribution < 1.29 is 4.79 Å². The second-order valence-corrected chi connectivity index (χ2v) is 6.09. The zero-order chi connectivity index (χ0) is 18.0. The molecule has 7 nitrogen and oxygen atoms in total. The standard InChI is InChI=1S/C18H22N6O/c1-3-4-5-13-14(17(20)25)9-24-16(13)18(21-10-22-24)23-15-8-12(19)7-6-11(15)2/h6-10H,3-5,19H2,1-2H3,(H2,20,25)(H,21,22,23). The summed E-state index contributed by atoms with van der Waals surface area (Å²) in [5.74, 6) is 0.171. The zero-order valence-electron chi connectivity index (χ0n) is 14.4. The number of nitrogens with zero attached hydrogens (tertiary/aromatic N) is 3. The van der Waals surface area contributed by atoms with Crippen molar-refractivity contribution in [3.8, 4) is 0 Å². The number of fused-ring (bicyclic) bond motifs is 1. The van der Waals surface area contributed by atoms with E-state index < -0.39 is 5.91 Å². The van der Waals surface area contributed by atoms with Gasteiger partial charge in [-0.3, -0.25) is 4.79 Å². The molecule has 130 valence electrons. The van der Waals surface area contributed by atoms with Gasteiger partial charge in [0.1, 0.15) is 11.8 Å². The number of rotatable bonds is 6. The van der Waals surface area contributed by atoms with Crippen LogP contribution in [0.25, 0.3) is 5.52 Å². The van der Waals surface area contributed by atoms with Crippen LogP contribution in [0.15, 0.2) is 30.7 Å². The lowest BCUT2D eigenvalue weighted by Crippen LogP contribution is -2.12. The number of nitrogens with two attached hydrogens (primary N) is 2. The highest BCUT2D eigenvalue weighted by atomic mass is 16.1. The molecule has 25 heavy (non-hydrogen) atoms. The molecule has 0 aliphatic rings. The number of hydrogen-bond donors (Lipinski definition) is 3. The Kier molecular flexibility index (Phi) is 4.56. The van der Waals surface area contributed by atoms with E-state index >= 15 is 0 Å². The van der Waals surface area contributed by atoms with Crippen LogP contribution in [0.2, 0.25) is 0 Å². The van der Waals surface area contributed by atoms with Crippen LogP contribution in [-0.4, -0.2) is 20.5 Å². The first-order valence-corrected chi connectivity index (χ1v) is 8.29. The Balaban J connectivity index is 2.14. The van der Waals surface area contributed by atoms with Crippen LogP contribution in [-0.2, 0) is 6.42 Å². The summed E-state index contributed by atoms with van der Waals surface area (Å²) in [5.41, 5.74) is 16.2. The van der Waals surface area contributed by atoms with Gasteiger partial charge in [-0.05, 0) is 43.0 Å². The van der Waals surface area contributed by atoms with E-state index in [0.29, 0.717) is 17.1 Å². The van der Waals surface area contributed by atoms with Crippen molar-refractivity contribution in [2.45, 2.75) is 33.1 Å². The van der Waals surface area contributed by atoms with Crippen LogP contribution in [0.3, 0.4) is 0 Å². The van der Waals surface area contributed by atoms with Crippen LogP contribution >= 0.6 is 0 Å². The summed E-state index contributed by atoms with van der Waals surface area (Å²) in [5, 5.41) is 7.55. The van der Waals surface area contributed by atoms with Crippen LogP contribution in [0, 0.1) is 6.92 Å². The number of amides is 1. The van der Waals surface area contributed by atoms with Gasteiger partial charge < -0.3 is 16.8 Å². The van der Waals surface area contributed by atoms with Gasteiger partial charge in [-0.2, -0.15) is 5.10 Å². The summed E-state index contributed by atoms with van der Waals surface area (Å²) in [6, 6.07) is 5.66. The van der Waals surface area contributed by atoms with Crippen molar-refractivity contribution >= 4 is 28.6 Å². The quantitative estimate of drug-likeness (QED) is 0.598. The van der Waals surface area contributed by atoms with Crippen molar-refractivity contribution in [2.24, 2.45) is 5.73 Å². The Morgan fingerprint density at radius 3 is 2.88 bits per heavy atom. The third kappa shape index (κ3) is 3.26. The van der Waals surface area contributed by atoms with E-state index in [2.05, 4.69) is 22.3 Å². The molecule has 2 aromatic heterocycles. The van der Waals surface area contributed by atoms with Gasteiger partial charge in [0.25, 0.3) is 5.91 Å². The molecular weight excluding hydrogens is 316 g/mol. The molecule has 0 aliphatic carbocycles. The molecule has 3 rings (SSSR count). The van der Waals surface area contributed by atoms with E-state index in [1.165, 1.54) is 6.33 Å². The fourth-order valence-electron chi connectivity index (χ4n) is 2.89. The predicted octanol–water partition coefficient (Wildman–Crippen LogP) is 2.81. The van der Waals surface area contributed by atoms with E-state index in [0.717, 1.165) is 41.6 Å². The first kappa shape index (κ1) is 16.8. The highest BCUT2D eigenvalue weighted by molar-refractivity contribution is 5.98. The molecule has 0 saturated heterocycles. The average Bonchev–Trinajstić information content (AvgIpc) is 2.96. The Hall–Kier alpha value is -3.09. The van der Waals surface area contributed by atoms with Crippen LogP contribution < -0.4 is 16.8 Å². The molecule has 1 amide bonds. The summed E-state index contributed by atoms with van der Waals surface area (Å²) < 4.78 is 1.65. The van der Waals surface area contributed by atoms with Gasteiger partial charge in [0.2, 0.25) is 0 Å². The number of unbranched alkanes of at least 4 members (excludes halogenated alkanes) is 1. The molecule has 0 unspecified atom stereocenters. The van der Waals surface area contributed by atoms with Gasteiger partial charge in [-0.1, -0.05) is 19.4 Å². The van der Waals surface area contributed by atoms with E-state index in [4.69, 9.17) is 11.5 Å². The molecule has 3 aromatic rings. The van der Waals surface area contributed by atoms with Crippen molar-refractivity contribution in [3.63, 3.8) is 0 Å². The van der Waals surface area contributed by atoms with E-state index in [9.17, 15) is 4.79 Å². The van der Waals surface area contributed by atoms with Gasteiger partial charge >= 0.3 is 0 Å². The highest BCUT2D eigenvalue weighted by Gasteiger charge is 2.19. The number of primary amides is 1. The first-order valence-electron chi connectivity index (χ1n) is 8.29. The number of aromatic nitrogens is 3. The van der Waals surface area contributed by atoms with Gasteiger partial charge in [-0.25, -0.2) is 9.50 Å². The number of nitrogen functional groups attached to an aromatic ring is 1. The number of anilines is 3. The molecule has 0 saturated carbocycles. The van der Waals surface area contributed by atoms with Gasteiger partial charge in [-0.15, -0.1) is 0 Å². The molecule has 0 aliphatic heterocycles. The van der Waals surface area contributed by atoms with E-state index in [-0.39, 0.29) is 0 Å². The number of aryl methyl sites for hydroxylation is 2. The minimum atomic E-state index is -0.456. The summed E-state index contributed by atoms with van der Waals surface area (Å²) in [7, 11) is 0. The maximum Gasteiger partial charge on any atom is 0.250 e. The van der Waals surface area contributed by atoms with Crippen molar-refractivity contribution in [1.29, 1.82) is 0 Å². The molecule has 0 spiro atoms. The van der Waals surface area contributed by atoms with Crippen LogP contribution in [0.5, 0.6) is 0 Å². The van der Waals surface area contributed by atoms with Crippen molar-refractivity contribution in [1.82, 2.24) is 14.6 Å². The molecule has 0 bridgehead atoms. The maximum absolute atomic E-state index is 11.8. The Morgan fingerprint density at radius 1 is 1.36 bits per heavy atom. The number of hydrogen-bond acceptors (Lipinski definition) is 5. The third-order valence-corrected chi connectivity index (χ3v) is 4.24. The topological polar surface area (TPSA) is 111 Å². The smallest absolute Gasteiger partial charge is 0.250 e. The Morgan fingerprint density at radius 2 is 2.16 bits per heavy atom. The Labute approximate surface area is 146 Å². The molecule has 7 heteroatoms. The lowest BCUT2D eigenvalue weighted by molar-refractivity contribution is 0.0999. The fraction of sp³-hybridized carbons (Fsp3) is 0.278. The van der Waals surface area contributed by atoms with Crippen molar-refractivity contribution in [3.05, 3.63) is 47.4 Å². The predicted molar refractivity (Wildman–Crippen MR) is 99.0 cm³/mol. The van der Waals surface area contributed by atoms with Gasteiger partial charge in [0, 0.05) is 17.6 Å². The second kappa shape index (κ2) is 6.80. The molecule has 5 N–H and O–H groups in total.